The number of aromatic nitrogens is 1. The molecule has 0 aliphatic carbocycles. The second-order valence-corrected chi connectivity index (χ2v) is 8.54. The molecule has 1 atom stereocenters. The number of carbonyl (C=O) groups excluding carboxylic acids is 2. The molecule has 32 heavy (non-hydrogen) atoms. The van der Waals surface area contributed by atoms with Gasteiger partial charge in [0, 0.05) is 61.7 Å². The van der Waals surface area contributed by atoms with E-state index in [1.165, 1.54) is 11.1 Å². The summed E-state index contributed by atoms with van der Waals surface area (Å²) in [5.74, 6) is 0.778. The number of likely N-dealkylation sites (tertiary alicyclic amines) is 2. The second kappa shape index (κ2) is 8.83. The van der Waals surface area contributed by atoms with Gasteiger partial charge in [0.25, 0.3) is 5.91 Å². The molecule has 162 valence electrons. The second-order valence-electron chi connectivity index (χ2n) is 8.54. The van der Waals surface area contributed by atoms with E-state index < -0.39 is 0 Å². The molecule has 6 heteroatoms. The van der Waals surface area contributed by atoms with Crippen LogP contribution in [0.2, 0.25) is 0 Å². The van der Waals surface area contributed by atoms with Gasteiger partial charge in [0.05, 0.1) is 0 Å². The van der Waals surface area contributed by atoms with Crippen LogP contribution in [0.25, 0.3) is 0 Å². The molecule has 3 heterocycles. The summed E-state index contributed by atoms with van der Waals surface area (Å²) in [6.45, 7) is 2.92. The number of hydrogen-bond donors (Lipinski definition) is 1. The Hall–Kier alpha value is -3.67. The van der Waals surface area contributed by atoms with Crippen molar-refractivity contribution < 1.29 is 9.59 Å². The first-order valence-electron chi connectivity index (χ1n) is 11.1. The van der Waals surface area contributed by atoms with Crippen molar-refractivity contribution in [1.29, 1.82) is 0 Å². The van der Waals surface area contributed by atoms with Crippen LogP contribution in [0.4, 0.5) is 10.5 Å². The minimum atomic E-state index is -0.0709. The molecule has 1 N–H and O–H groups in total. The third kappa shape index (κ3) is 4.21. The molecular formula is C26H26N4O2. The predicted molar refractivity (Wildman–Crippen MR) is 124 cm³/mol. The molecule has 0 radical (unpaired) electrons. The van der Waals surface area contributed by atoms with E-state index in [0.717, 1.165) is 30.8 Å². The van der Waals surface area contributed by atoms with Crippen LogP contribution in [0.5, 0.6) is 0 Å². The highest BCUT2D eigenvalue weighted by Gasteiger charge is 2.32. The Morgan fingerprint density at radius 1 is 0.812 bits per heavy atom. The number of pyridine rings is 1. The Labute approximate surface area is 187 Å². The highest BCUT2D eigenvalue weighted by atomic mass is 16.2. The zero-order valence-corrected chi connectivity index (χ0v) is 17.9. The van der Waals surface area contributed by atoms with Gasteiger partial charge in [-0.05, 0) is 47.9 Å². The van der Waals surface area contributed by atoms with E-state index in [1.54, 1.807) is 6.20 Å². The fourth-order valence-electron chi connectivity index (χ4n) is 4.49. The molecule has 1 aromatic heterocycles. The van der Waals surface area contributed by atoms with Gasteiger partial charge in [-0.2, -0.15) is 0 Å². The highest BCUT2D eigenvalue weighted by molar-refractivity contribution is 5.94. The van der Waals surface area contributed by atoms with E-state index in [1.807, 2.05) is 64.5 Å². The smallest absolute Gasteiger partial charge is 0.321 e. The molecule has 2 saturated heterocycles. The van der Waals surface area contributed by atoms with Crippen LogP contribution in [-0.2, 0) is 0 Å². The number of rotatable bonds is 4. The SMILES string of the molecule is O=C(Nc1ccc([C@H]2CCN(C(=O)c3ccccc3)C2)cc1)N1CC(c2cccnc2)C1. The fourth-order valence-corrected chi connectivity index (χ4v) is 4.49. The zero-order chi connectivity index (χ0) is 21.9. The summed E-state index contributed by atoms with van der Waals surface area (Å²) in [6, 6.07) is 21.4. The molecule has 2 aliphatic rings. The molecule has 2 aromatic carbocycles. The predicted octanol–water partition coefficient (Wildman–Crippen LogP) is 4.34. The van der Waals surface area contributed by atoms with Crippen molar-refractivity contribution in [2.75, 3.05) is 31.5 Å². The Balaban J connectivity index is 1.13. The van der Waals surface area contributed by atoms with E-state index >= 15 is 0 Å². The third-order valence-electron chi connectivity index (χ3n) is 6.45. The average Bonchev–Trinajstić information content (AvgIpc) is 3.30. The maximum atomic E-state index is 12.7. The Kier molecular flexibility index (Phi) is 5.58. The van der Waals surface area contributed by atoms with Crippen molar-refractivity contribution in [3.8, 4) is 0 Å². The molecular weight excluding hydrogens is 400 g/mol. The van der Waals surface area contributed by atoms with Crippen molar-refractivity contribution >= 4 is 17.6 Å². The first kappa shape index (κ1) is 20.2. The van der Waals surface area contributed by atoms with Crippen LogP contribution in [0.15, 0.2) is 79.1 Å². The molecule has 3 amide bonds. The summed E-state index contributed by atoms with van der Waals surface area (Å²) in [6.07, 6.45) is 4.59. The molecule has 0 unspecified atom stereocenters. The van der Waals surface area contributed by atoms with Gasteiger partial charge in [0.1, 0.15) is 0 Å². The van der Waals surface area contributed by atoms with E-state index in [2.05, 4.69) is 28.5 Å². The summed E-state index contributed by atoms with van der Waals surface area (Å²) < 4.78 is 0. The Morgan fingerprint density at radius 2 is 1.56 bits per heavy atom. The van der Waals surface area contributed by atoms with Gasteiger partial charge in [0.2, 0.25) is 0 Å². The average molecular weight is 427 g/mol. The fraction of sp³-hybridized carbons (Fsp3) is 0.269. The monoisotopic (exact) mass is 426 g/mol. The van der Waals surface area contributed by atoms with Crippen LogP contribution in [0, 0.1) is 0 Å². The highest BCUT2D eigenvalue weighted by Crippen LogP contribution is 2.30. The third-order valence-corrected chi connectivity index (χ3v) is 6.45. The molecule has 2 aliphatic heterocycles. The Bertz CT molecular complexity index is 1080. The van der Waals surface area contributed by atoms with Gasteiger partial charge < -0.3 is 15.1 Å². The number of benzene rings is 2. The number of carbonyl (C=O) groups is 2. The summed E-state index contributed by atoms with van der Waals surface area (Å²) in [7, 11) is 0. The van der Waals surface area contributed by atoms with Crippen LogP contribution in [0.1, 0.15) is 39.7 Å². The summed E-state index contributed by atoms with van der Waals surface area (Å²) in [5.41, 5.74) is 3.91. The van der Waals surface area contributed by atoms with Crippen molar-refractivity contribution in [3.05, 3.63) is 95.8 Å². The maximum Gasteiger partial charge on any atom is 0.321 e. The van der Waals surface area contributed by atoms with E-state index in [9.17, 15) is 9.59 Å². The summed E-state index contributed by atoms with van der Waals surface area (Å²) in [4.78, 5) is 33.1. The molecule has 2 fully saturated rings. The quantitative estimate of drug-likeness (QED) is 0.675. The number of nitrogens with one attached hydrogen (secondary N) is 1. The number of urea groups is 1. The molecule has 5 rings (SSSR count). The first-order chi connectivity index (χ1) is 15.7. The lowest BCUT2D eigenvalue weighted by Gasteiger charge is -2.39. The lowest BCUT2D eigenvalue weighted by atomic mass is 9.93. The minimum Gasteiger partial charge on any atom is -0.338 e. The molecule has 6 nitrogen and oxygen atoms in total. The van der Waals surface area contributed by atoms with Crippen molar-refractivity contribution in [2.45, 2.75) is 18.3 Å². The van der Waals surface area contributed by atoms with Crippen LogP contribution < -0.4 is 5.32 Å². The maximum absolute atomic E-state index is 12.7. The largest absolute Gasteiger partial charge is 0.338 e. The summed E-state index contributed by atoms with van der Waals surface area (Å²) >= 11 is 0. The molecule has 0 saturated carbocycles. The Morgan fingerprint density at radius 3 is 2.28 bits per heavy atom. The van der Waals surface area contributed by atoms with Gasteiger partial charge in [-0.15, -0.1) is 0 Å². The van der Waals surface area contributed by atoms with Gasteiger partial charge >= 0.3 is 6.03 Å². The van der Waals surface area contributed by atoms with Crippen molar-refractivity contribution in [1.82, 2.24) is 14.8 Å². The van der Waals surface area contributed by atoms with Crippen LogP contribution in [0.3, 0.4) is 0 Å². The lowest BCUT2D eigenvalue weighted by molar-refractivity contribution is 0.0790. The zero-order valence-electron chi connectivity index (χ0n) is 17.9. The van der Waals surface area contributed by atoms with Crippen molar-refractivity contribution in [2.24, 2.45) is 0 Å². The number of nitrogens with zero attached hydrogens (tertiary/aromatic N) is 3. The molecule has 3 aromatic rings. The van der Waals surface area contributed by atoms with Crippen molar-refractivity contribution in [3.63, 3.8) is 0 Å². The van der Waals surface area contributed by atoms with Crippen LogP contribution >= 0.6 is 0 Å². The van der Waals surface area contributed by atoms with Gasteiger partial charge in [-0.3, -0.25) is 9.78 Å². The number of amides is 3. The number of anilines is 1. The molecule has 0 bridgehead atoms. The van der Waals surface area contributed by atoms with E-state index in [4.69, 9.17) is 0 Å². The minimum absolute atomic E-state index is 0.0709. The van der Waals surface area contributed by atoms with Gasteiger partial charge in [0.15, 0.2) is 0 Å². The van der Waals surface area contributed by atoms with Crippen LogP contribution in [-0.4, -0.2) is 52.9 Å². The first-order valence-corrected chi connectivity index (χ1v) is 11.1. The lowest BCUT2D eigenvalue weighted by Crippen LogP contribution is -2.50. The normalized spacial score (nSPS) is 18.3. The van der Waals surface area contributed by atoms with Gasteiger partial charge in [-0.25, -0.2) is 4.79 Å². The standard InChI is InChI=1S/C26H26N4O2/c31-25(20-5-2-1-3-6-20)29-14-12-22(16-29)19-8-10-24(11-9-19)28-26(32)30-17-23(18-30)21-7-4-13-27-15-21/h1-11,13,15,22-23H,12,14,16-18H2,(H,28,32)/t22-/m0/s1. The number of hydrogen-bond acceptors (Lipinski definition) is 3. The van der Waals surface area contributed by atoms with E-state index in [-0.39, 0.29) is 11.9 Å². The topological polar surface area (TPSA) is 65.5 Å². The van der Waals surface area contributed by atoms with Gasteiger partial charge in [-0.1, -0.05) is 36.4 Å². The molecule has 0 spiro atoms. The van der Waals surface area contributed by atoms with E-state index in [0.29, 0.717) is 24.9 Å². The summed E-state index contributed by atoms with van der Waals surface area (Å²) in [5, 5.41) is 2.99.